The molecule has 0 spiro atoms. The summed E-state index contributed by atoms with van der Waals surface area (Å²) in [6, 6.07) is 11.2. The van der Waals surface area contributed by atoms with Crippen molar-refractivity contribution in [2.24, 2.45) is 0 Å². The van der Waals surface area contributed by atoms with Gasteiger partial charge in [0.15, 0.2) is 11.5 Å². The van der Waals surface area contributed by atoms with E-state index >= 15 is 0 Å². The standard InChI is InChI=1S/C22H26ClNO5/c1-2-26-9-10-27-15-17-6-3-5-16(11-17)14-24-22(25)18-12-19(23)21-20(13-18)28-7-4-8-29-21/h3,5-6,11-13H,2,4,7-10,14-15H2,1H3,(H,24,25). The summed E-state index contributed by atoms with van der Waals surface area (Å²) in [5.74, 6) is 0.782. The molecule has 1 aliphatic heterocycles. The fourth-order valence-corrected chi connectivity index (χ4v) is 3.19. The summed E-state index contributed by atoms with van der Waals surface area (Å²) in [5, 5.41) is 3.30. The molecule has 0 radical (unpaired) electrons. The minimum atomic E-state index is -0.221. The first-order chi connectivity index (χ1) is 14.2. The molecule has 1 N–H and O–H groups in total. The molecule has 0 bridgehead atoms. The van der Waals surface area contributed by atoms with Crippen LogP contribution in [0, 0.1) is 0 Å². The van der Waals surface area contributed by atoms with E-state index in [1.165, 1.54) is 0 Å². The minimum Gasteiger partial charge on any atom is -0.489 e. The maximum atomic E-state index is 12.6. The molecule has 0 fully saturated rings. The van der Waals surface area contributed by atoms with Crippen LogP contribution in [0.2, 0.25) is 5.02 Å². The number of amides is 1. The van der Waals surface area contributed by atoms with Crippen LogP contribution in [0.4, 0.5) is 0 Å². The van der Waals surface area contributed by atoms with E-state index in [2.05, 4.69) is 5.32 Å². The van der Waals surface area contributed by atoms with Gasteiger partial charge >= 0.3 is 0 Å². The lowest BCUT2D eigenvalue weighted by Crippen LogP contribution is -2.23. The van der Waals surface area contributed by atoms with Crippen molar-refractivity contribution in [3.8, 4) is 11.5 Å². The molecule has 1 amide bonds. The van der Waals surface area contributed by atoms with E-state index in [4.69, 9.17) is 30.5 Å². The number of hydrogen-bond donors (Lipinski definition) is 1. The molecule has 1 aliphatic rings. The van der Waals surface area contributed by atoms with Gasteiger partial charge in [0.25, 0.3) is 5.91 Å². The SMILES string of the molecule is CCOCCOCc1cccc(CNC(=O)c2cc(Cl)c3c(c2)OCCCO3)c1. The predicted octanol–water partition coefficient (Wildman–Crippen LogP) is 3.98. The van der Waals surface area contributed by atoms with Gasteiger partial charge in [-0.25, -0.2) is 0 Å². The lowest BCUT2D eigenvalue weighted by Gasteiger charge is -2.12. The first-order valence-electron chi connectivity index (χ1n) is 9.78. The molecule has 0 unspecified atom stereocenters. The van der Waals surface area contributed by atoms with Crippen molar-refractivity contribution in [3.05, 3.63) is 58.1 Å². The Balaban J connectivity index is 1.56. The second kappa shape index (κ2) is 11.0. The first kappa shape index (κ1) is 21.4. The summed E-state index contributed by atoms with van der Waals surface area (Å²) in [4.78, 5) is 12.6. The monoisotopic (exact) mass is 419 g/mol. The zero-order chi connectivity index (χ0) is 20.5. The number of carbonyl (C=O) groups excluding carboxylic acids is 1. The quantitative estimate of drug-likeness (QED) is 0.622. The topological polar surface area (TPSA) is 66.0 Å². The third-order valence-corrected chi connectivity index (χ3v) is 4.63. The van der Waals surface area contributed by atoms with Gasteiger partial charge in [-0.05, 0) is 30.2 Å². The van der Waals surface area contributed by atoms with Crippen LogP contribution in [-0.2, 0) is 22.6 Å². The Bertz CT molecular complexity index is 827. The molecule has 6 nitrogen and oxygen atoms in total. The van der Waals surface area contributed by atoms with Crippen molar-refractivity contribution >= 4 is 17.5 Å². The predicted molar refractivity (Wildman–Crippen MR) is 111 cm³/mol. The van der Waals surface area contributed by atoms with Gasteiger partial charge in [-0.1, -0.05) is 35.9 Å². The van der Waals surface area contributed by atoms with Crippen molar-refractivity contribution in [2.45, 2.75) is 26.5 Å². The maximum absolute atomic E-state index is 12.6. The van der Waals surface area contributed by atoms with Crippen molar-refractivity contribution in [1.82, 2.24) is 5.32 Å². The molecule has 0 saturated carbocycles. The Morgan fingerprint density at radius 2 is 1.90 bits per heavy atom. The Hall–Kier alpha value is -2.28. The average Bonchev–Trinajstić information content (AvgIpc) is 2.98. The molecule has 0 atom stereocenters. The number of ether oxygens (including phenoxy) is 4. The molecule has 2 aromatic rings. The van der Waals surface area contributed by atoms with E-state index in [1.807, 2.05) is 31.2 Å². The van der Waals surface area contributed by atoms with Crippen LogP contribution < -0.4 is 14.8 Å². The summed E-state index contributed by atoms with van der Waals surface area (Å²) < 4.78 is 22.1. The zero-order valence-electron chi connectivity index (χ0n) is 16.5. The zero-order valence-corrected chi connectivity index (χ0v) is 17.3. The molecule has 1 heterocycles. The lowest BCUT2D eigenvalue weighted by molar-refractivity contribution is 0.0453. The Morgan fingerprint density at radius 3 is 2.76 bits per heavy atom. The first-order valence-corrected chi connectivity index (χ1v) is 10.2. The molecular formula is C22H26ClNO5. The van der Waals surface area contributed by atoms with Crippen LogP contribution in [0.25, 0.3) is 0 Å². The third-order valence-electron chi connectivity index (χ3n) is 4.35. The molecular weight excluding hydrogens is 394 g/mol. The number of carbonyl (C=O) groups is 1. The van der Waals surface area contributed by atoms with Gasteiger partial charge in [0.1, 0.15) is 0 Å². The van der Waals surface area contributed by atoms with E-state index in [9.17, 15) is 4.79 Å². The molecule has 0 aromatic heterocycles. The van der Waals surface area contributed by atoms with Gasteiger partial charge in [-0.3, -0.25) is 4.79 Å². The number of hydrogen-bond acceptors (Lipinski definition) is 5. The fourth-order valence-electron chi connectivity index (χ4n) is 2.93. The summed E-state index contributed by atoms with van der Waals surface area (Å²) >= 11 is 6.27. The lowest BCUT2D eigenvalue weighted by atomic mass is 10.1. The van der Waals surface area contributed by atoms with Crippen LogP contribution in [0.3, 0.4) is 0 Å². The smallest absolute Gasteiger partial charge is 0.251 e. The number of halogens is 1. The second-order valence-electron chi connectivity index (χ2n) is 6.59. The van der Waals surface area contributed by atoms with Gasteiger partial charge in [0.2, 0.25) is 0 Å². The van der Waals surface area contributed by atoms with E-state index in [-0.39, 0.29) is 5.91 Å². The molecule has 0 saturated heterocycles. The summed E-state index contributed by atoms with van der Waals surface area (Å²) in [5.41, 5.74) is 2.48. The number of benzene rings is 2. The molecule has 0 aliphatic carbocycles. The second-order valence-corrected chi connectivity index (χ2v) is 7.00. The van der Waals surface area contributed by atoms with Gasteiger partial charge in [0, 0.05) is 25.1 Å². The third kappa shape index (κ3) is 6.35. The highest BCUT2D eigenvalue weighted by Gasteiger charge is 2.18. The van der Waals surface area contributed by atoms with Crippen molar-refractivity contribution in [1.29, 1.82) is 0 Å². The largest absolute Gasteiger partial charge is 0.489 e. The Morgan fingerprint density at radius 1 is 1.10 bits per heavy atom. The van der Waals surface area contributed by atoms with Crippen LogP contribution in [0.5, 0.6) is 11.5 Å². The van der Waals surface area contributed by atoms with Crippen LogP contribution in [0.15, 0.2) is 36.4 Å². The summed E-state index contributed by atoms with van der Waals surface area (Å²) in [6.45, 7) is 5.78. The minimum absolute atomic E-state index is 0.221. The van der Waals surface area contributed by atoms with E-state index in [0.29, 0.717) is 68.3 Å². The summed E-state index contributed by atoms with van der Waals surface area (Å²) in [6.07, 6.45) is 0.776. The molecule has 2 aromatic carbocycles. The number of nitrogens with one attached hydrogen (secondary N) is 1. The van der Waals surface area contributed by atoms with Gasteiger partial charge in [-0.15, -0.1) is 0 Å². The van der Waals surface area contributed by atoms with E-state index in [1.54, 1.807) is 12.1 Å². The average molecular weight is 420 g/mol. The normalized spacial score (nSPS) is 13.0. The van der Waals surface area contributed by atoms with Crippen LogP contribution in [0.1, 0.15) is 34.8 Å². The number of fused-ring (bicyclic) bond motifs is 1. The van der Waals surface area contributed by atoms with Crippen molar-refractivity contribution in [3.63, 3.8) is 0 Å². The highest BCUT2D eigenvalue weighted by atomic mass is 35.5. The Labute approximate surface area is 176 Å². The molecule has 29 heavy (non-hydrogen) atoms. The van der Waals surface area contributed by atoms with E-state index in [0.717, 1.165) is 17.5 Å². The highest BCUT2D eigenvalue weighted by Crippen LogP contribution is 2.37. The Kier molecular flexibility index (Phi) is 8.16. The molecule has 7 heteroatoms. The van der Waals surface area contributed by atoms with Gasteiger partial charge < -0.3 is 24.3 Å². The van der Waals surface area contributed by atoms with E-state index < -0.39 is 0 Å². The molecule has 3 rings (SSSR count). The van der Waals surface area contributed by atoms with Crippen LogP contribution >= 0.6 is 11.6 Å². The maximum Gasteiger partial charge on any atom is 0.251 e. The van der Waals surface area contributed by atoms with Gasteiger partial charge in [0.05, 0.1) is 38.1 Å². The van der Waals surface area contributed by atoms with Crippen LogP contribution in [-0.4, -0.2) is 38.9 Å². The van der Waals surface area contributed by atoms with Gasteiger partial charge in [-0.2, -0.15) is 0 Å². The molecule has 156 valence electrons. The van der Waals surface area contributed by atoms with Crippen molar-refractivity contribution < 1.29 is 23.7 Å². The summed E-state index contributed by atoms with van der Waals surface area (Å²) in [7, 11) is 0. The fraction of sp³-hybridized carbons (Fsp3) is 0.409. The highest BCUT2D eigenvalue weighted by molar-refractivity contribution is 6.32. The van der Waals surface area contributed by atoms with Crippen molar-refractivity contribution in [2.75, 3.05) is 33.0 Å². The number of rotatable bonds is 9.